The van der Waals surface area contributed by atoms with Crippen molar-refractivity contribution >= 4 is 16.6 Å². The molecule has 34 heavy (non-hydrogen) atoms. The summed E-state index contributed by atoms with van der Waals surface area (Å²) in [6.07, 6.45) is -0.553. The fourth-order valence-electron chi connectivity index (χ4n) is 4.93. The first-order chi connectivity index (χ1) is 16.6. The molecule has 3 heteroatoms. The molecule has 1 aromatic heterocycles. The van der Waals surface area contributed by atoms with E-state index in [2.05, 4.69) is 90.5 Å². The first kappa shape index (κ1) is 22.0. The number of aromatic nitrogens is 1. The fourth-order valence-corrected chi connectivity index (χ4v) is 4.93. The Hall–Kier alpha value is -3.82. The Kier molecular flexibility index (Phi) is 6.20. The molecule has 0 saturated carbocycles. The summed E-state index contributed by atoms with van der Waals surface area (Å²) in [7, 11) is 0. The maximum absolute atomic E-state index is 11.1. The third-order valence-corrected chi connectivity index (χ3v) is 6.31. The number of para-hydroxylation sites is 1. The quantitative estimate of drug-likeness (QED) is 0.281. The lowest BCUT2D eigenvalue weighted by Crippen LogP contribution is -2.25. The largest absolute Gasteiger partial charge is 0.389 e. The summed E-state index contributed by atoms with van der Waals surface area (Å²) in [6.45, 7) is 5.30. The van der Waals surface area contributed by atoms with Crippen molar-refractivity contribution in [3.63, 3.8) is 0 Å². The van der Waals surface area contributed by atoms with Gasteiger partial charge in [0.2, 0.25) is 0 Å². The van der Waals surface area contributed by atoms with Gasteiger partial charge in [0.15, 0.2) is 0 Å². The number of aliphatic hydroxyl groups is 1. The van der Waals surface area contributed by atoms with Gasteiger partial charge in [0.25, 0.3) is 0 Å². The van der Waals surface area contributed by atoms with E-state index in [1.165, 1.54) is 33.2 Å². The number of nitrogens with one attached hydrogen (secondary N) is 1. The van der Waals surface area contributed by atoms with E-state index < -0.39 is 6.10 Å². The molecule has 1 heterocycles. The first-order valence-electron chi connectivity index (χ1n) is 11.8. The molecule has 0 saturated heterocycles. The van der Waals surface area contributed by atoms with Gasteiger partial charge in [-0.25, -0.2) is 0 Å². The van der Waals surface area contributed by atoms with Crippen LogP contribution in [0.2, 0.25) is 0 Å². The Morgan fingerprint density at radius 3 is 2.00 bits per heavy atom. The number of benzene rings is 4. The maximum atomic E-state index is 11.1. The van der Waals surface area contributed by atoms with Crippen LogP contribution in [0.25, 0.3) is 33.3 Å². The average molecular weight is 447 g/mol. The molecule has 0 radical (unpaired) electrons. The number of aliphatic hydroxyl groups excluding tert-OH is 1. The Balaban J connectivity index is 1.67. The minimum Gasteiger partial charge on any atom is -0.389 e. The molecule has 170 valence electrons. The Bertz CT molecular complexity index is 1390. The number of nitrogens with zero attached hydrogens (tertiary/aromatic N) is 1. The van der Waals surface area contributed by atoms with Crippen LogP contribution in [0.15, 0.2) is 103 Å². The van der Waals surface area contributed by atoms with E-state index in [-0.39, 0.29) is 0 Å². The molecule has 1 atom stereocenters. The Morgan fingerprint density at radius 1 is 0.765 bits per heavy atom. The topological polar surface area (TPSA) is 37.2 Å². The number of hydrogen-bond donors (Lipinski definition) is 2. The van der Waals surface area contributed by atoms with Gasteiger partial charge in [-0.15, -0.1) is 0 Å². The second kappa shape index (κ2) is 9.58. The van der Waals surface area contributed by atoms with E-state index in [4.69, 9.17) is 0 Å². The van der Waals surface area contributed by atoms with Crippen molar-refractivity contribution in [2.24, 2.45) is 0 Å². The van der Waals surface area contributed by atoms with Crippen LogP contribution in [0, 0.1) is 13.8 Å². The van der Waals surface area contributed by atoms with Crippen molar-refractivity contribution in [1.29, 1.82) is 0 Å². The lowest BCUT2D eigenvalue weighted by atomic mass is 9.97. The van der Waals surface area contributed by atoms with Crippen LogP contribution in [0.3, 0.4) is 0 Å². The first-order valence-corrected chi connectivity index (χ1v) is 11.8. The summed E-state index contributed by atoms with van der Waals surface area (Å²) in [5.74, 6) is 0. The van der Waals surface area contributed by atoms with Gasteiger partial charge in [-0.2, -0.15) is 0 Å². The van der Waals surface area contributed by atoms with Gasteiger partial charge < -0.3 is 15.0 Å². The summed E-state index contributed by atoms with van der Waals surface area (Å²) in [5, 5.41) is 15.7. The molecule has 0 aliphatic heterocycles. The van der Waals surface area contributed by atoms with Crippen molar-refractivity contribution in [1.82, 2.24) is 4.57 Å². The van der Waals surface area contributed by atoms with E-state index in [1.54, 1.807) is 0 Å². The van der Waals surface area contributed by atoms with Crippen molar-refractivity contribution in [2.45, 2.75) is 26.5 Å². The summed E-state index contributed by atoms with van der Waals surface area (Å²) < 4.78 is 2.32. The minimum atomic E-state index is -0.553. The van der Waals surface area contributed by atoms with Gasteiger partial charge in [-0.05, 0) is 48.7 Å². The normalized spacial score (nSPS) is 12.1. The molecule has 0 unspecified atom stereocenters. The zero-order valence-electron chi connectivity index (χ0n) is 19.7. The van der Waals surface area contributed by atoms with E-state index in [9.17, 15) is 5.11 Å². The lowest BCUT2D eigenvalue weighted by molar-refractivity contribution is 0.169. The summed E-state index contributed by atoms with van der Waals surface area (Å²) in [6, 6.07) is 35.7. The monoisotopic (exact) mass is 446 g/mol. The Morgan fingerprint density at radius 2 is 1.35 bits per heavy atom. The molecule has 2 N–H and O–H groups in total. The second-order valence-corrected chi connectivity index (χ2v) is 8.94. The molecular formula is C31H30N2O. The van der Waals surface area contributed by atoms with Crippen LogP contribution < -0.4 is 5.32 Å². The summed E-state index contributed by atoms with van der Waals surface area (Å²) in [5.41, 5.74) is 9.36. The van der Waals surface area contributed by atoms with Gasteiger partial charge in [0, 0.05) is 23.2 Å². The predicted octanol–water partition coefficient (Wildman–Crippen LogP) is 7.07. The number of hydrogen-bond acceptors (Lipinski definition) is 2. The Labute approximate surface area is 201 Å². The van der Waals surface area contributed by atoms with Crippen molar-refractivity contribution in [3.8, 4) is 22.4 Å². The standard InChI is InChI=1S/C31H30N2O/c1-22-18-23(2)30-28(19-22)29(24-12-6-3-7-13-24)31(25-14-8-4-9-15-25)33(30)21-27(34)20-32-26-16-10-5-11-17-26/h3-19,27,32,34H,20-21H2,1-2H3/t27-/m1/s1. The number of aryl methyl sites for hydroxylation is 2. The highest BCUT2D eigenvalue weighted by molar-refractivity contribution is 6.06. The van der Waals surface area contributed by atoms with Crippen LogP contribution in [0.5, 0.6) is 0 Å². The van der Waals surface area contributed by atoms with Gasteiger partial charge >= 0.3 is 0 Å². The van der Waals surface area contributed by atoms with Gasteiger partial charge in [0.05, 0.1) is 23.9 Å². The molecule has 0 bridgehead atoms. The van der Waals surface area contributed by atoms with Gasteiger partial charge in [0.1, 0.15) is 0 Å². The number of rotatable bonds is 7. The molecule has 0 amide bonds. The second-order valence-electron chi connectivity index (χ2n) is 8.94. The third kappa shape index (κ3) is 4.35. The van der Waals surface area contributed by atoms with Crippen molar-refractivity contribution < 1.29 is 5.11 Å². The van der Waals surface area contributed by atoms with Crippen molar-refractivity contribution in [3.05, 3.63) is 114 Å². The number of anilines is 1. The van der Waals surface area contributed by atoms with Crippen LogP contribution in [-0.2, 0) is 6.54 Å². The van der Waals surface area contributed by atoms with Crippen LogP contribution >= 0.6 is 0 Å². The smallest absolute Gasteiger partial charge is 0.0891 e. The van der Waals surface area contributed by atoms with E-state index in [0.717, 1.165) is 16.9 Å². The molecule has 4 aromatic carbocycles. The molecule has 5 aromatic rings. The van der Waals surface area contributed by atoms with Crippen LogP contribution in [0.1, 0.15) is 11.1 Å². The zero-order valence-corrected chi connectivity index (χ0v) is 19.7. The zero-order chi connectivity index (χ0) is 23.5. The maximum Gasteiger partial charge on any atom is 0.0891 e. The molecule has 0 fully saturated rings. The third-order valence-electron chi connectivity index (χ3n) is 6.31. The fraction of sp³-hybridized carbons (Fsp3) is 0.161. The minimum absolute atomic E-state index is 0.476. The average Bonchev–Trinajstić information content (AvgIpc) is 3.18. The van der Waals surface area contributed by atoms with Gasteiger partial charge in [-0.1, -0.05) is 90.5 Å². The molecule has 3 nitrogen and oxygen atoms in total. The van der Waals surface area contributed by atoms with Gasteiger partial charge in [-0.3, -0.25) is 0 Å². The molecule has 0 spiro atoms. The van der Waals surface area contributed by atoms with E-state index in [0.29, 0.717) is 13.1 Å². The SMILES string of the molecule is Cc1cc(C)c2c(c1)c(-c1ccccc1)c(-c1ccccc1)n2C[C@H](O)CNc1ccccc1. The number of fused-ring (bicyclic) bond motifs is 1. The highest BCUT2D eigenvalue weighted by Crippen LogP contribution is 2.42. The molecule has 0 aliphatic rings. The molecular weight excluding hydrogens is 416 g/mol. The van der Waals surface area contributed by atoms with Crippen LogP contribution in [0.4, 0.5) is 5.69 Å². The van der Waals surface area contributed by atoms with E-state index >= 15 is 0 Å². The summed E-state index contributed by atoms with van der Waals surface area (Å²) >= 11 is 0. The molecule has 0 aliphatic carbocycles. The lowest BCUT2D eigenvalue weighted by Gasteiger charge is -2.18. The van der Waals surface area contributed by atoms with Crippen LogP contribution in [-0.4, -0.2) is 22.3 Å². The van der Waals surface area contributed by atoms with E-state index in [1.807, 2.05) is 36.4 Å². The highest BCUT2D eigenvalue weighted by Gasteiger charge is 2.23. The highest BCUT2D eigenvalue weighted by atomic mass is 16.3. The predicted molar refractivity (Wildman–Crippen MR) is 143 cm³/mol. The summed E-state index contributed by atoms with van der Waals surface area (Å²) in [4.78, 5) is 0. The van der Waals surface area contributed by atoms with Crippen molar-refractivity contribution in [2.75, 3.05) is 11.9 Å². The molecule has 5 rings (SSSR count).